The highest BCUT2D eigenvalue weighted by Crippen LogP contribution is 2.24. The molecule has 4 heteroatoms. The first-order valence-electron chi connectivity index (χ1n) is 3.88. The molecular formula is C9H8ClN3. The smallest absolute Gasteiger partial charge is 0.136 e. The van der Waals surface area contributed by atoms with Gasteiger partial charge in [-0.1, -0.05) is 17.7 Å². The molecule has 0 aliphatic rings. The van der Waals surface area contributed by atoms with Crippen molar-refractivity contribution in [3.63, 3.8) is 0 Å². The standard InChI is InChI=1S/C9H8ClN3/c1-13-9(10)7(6-12-13)8-4-2-3-5-11-8/h2-6H,1H3. The van der Waals surface area contributed by atoms with E-state index in [4.69, 9.17) is 11.6 Å². The molecular weight excluding hydrogens is 186 g/mol. The number of pyridine rings is 1. The Morgan fingerprint density at radius 1 is 1.38 bits per heavy atom. The van der Waals surface area contributed by atoms with Crippen LogP contribution in [0.25, 0.3) is 11.3 Å². The van der Waals surface area contributed by atoms with Crippen molar-refractivity contribution in [3.05, 3.63) is 35.7 Å². The molecule has 0 unspecified atom stereocenters. The lowest BCUT2D eigenvalue weighted by molar-refractivity contribution is 0.769. The molecule has 66 valence electrons. The normalized spacial score (nSPS) is 10.3. The summed E-state index contributed by atoms with van der Waals surface area (Å²) in [7, 11) is 1.80. The van der Waals surface area contributed by atoms with Gasteiger partial charge in [0.15, 0.2) is 0 Å². The molecule has 0 spiro atoms. The lowest BCUT2D eigenvalue weighted by atomic mass is 10.2. The second kappa shape index (κ2) is 3.18. The Kier molecular flexibility index (Phi) is 2.02. The minimum atomic E-state index is 0.610. The first kappa shape index (κ1) is 8.26. The molecule has 0 saturated carbocycles. The Labute approximate surface area is 81.0 Å². The van der Waals surface area contributed by atoms with E-state index in [-0.39, 0.29) is 0 Å². The summed E-state index contributed by atoms with van der Waals surface area (Å²) < 4.78 is 1.62. The Morgan fingerprint density at radius 2 is 2.23 bits per heavy atom. The van der Waals surface area contributed by atoms with Crippen LogP contribution in [0.5, 0.6) is 0 Å². The van der Waals surface area contributed by atoms with E-state index in [9.17, 15) is 0 Å². The first-order valence-corrected chi connectivity index (χ1v) is 4.26. The molecule has 0 bridgehead atoms. The molecule has 0 aliphatic heterocycles. The Balaban J connectivity index is 2.53. The van der Waals surface area contributed by atoms with Crippen LogP contribution in [0.3, 0.4) is 0 Å². The van der Waals surface area contributed by atoms with Crippen LogP contribution in [0.4, 0.5) is 0 Å². The number of hydrogen-bond donors (Lipinski definition) is 0. The van der Waals surface area contributed by atoms with Gasteiger partial charge < -0.3 is 0 Å². The molecule has 2 aromatic heterocycles. The molecule has 0 fully saturated rings. The highest BCUT2D eigenvalue weighted by Gasteiger charge is 2.07. The number of rotatable bonds is 1. The van der Waals surface area contributed by atoms with Crippen molar-refractivity contribution >= 4 is 11.6 Å². The quantitative estimate of drug-likeness (QED) is 0.695. The zero-order valence-corrected chi connectivity index (χ0v) is 7.86. The van der Waals surface area contributed by atoms with Crippen molar-refractivity contribution in [2.45, 2.75) is 0 Å². The molecule has 0 aromatic carbocycles. The van der Waals surface area contributed by atoms with Gasteiger partial charge in [-0.15, -0.1) is 0 Å². The summed E-state index contributed by atoms with van der Waals surface area (Å²) in [4.78, 5) is 4.19. The summed E-state index contributed by atoms with van der Waals surface area (Å²) >= 11 is 6.00. The molecule has 0 amide bonds. The lowest BCUT2D eigenvalue weighted by Gasteiger charge is -1.96. The van der Waals surface area contributed by atoms with Crippen LogP contribution in [0.2, 0.25) is 5.15 Å². The third kappa shape index (κ3) is 1.42. The minimum absolute atomic E-state index is 0.610. The van der Waals surface area contributed by atoms with Crippen LogP contribution < -0.4 is 0 Å². The number of aromatic nitrogens is 3. The number of aryl methyl sites for hydroxylation is 1. The topological polar surface area (TPSA) is 30.7 Å². The van der Waals surface area contributed by atoms with Gasteiger partial charge in [-0.2, -0.15) is 5.10 Å². The maximum atomic E-state index is 6.00. The van der Waals surface area contributed by atoms with Gasteiger partial charge in [0, 0.05) is 13.2 Å². The molecule has 0 N–H and O–H groups in total. The van der Waals surface area contributed by atoms with Crippen molar-refractivity contribution in [1.82, 2.24) is 14.8 Å². The summed E-state index contributed by atoms with van der Waals surface area (Å²) in [6, 6.07) is 5.70. The van der Waals surface area contributed by atoms with Gasteiger partial charge in [-0.3, -0.25) is 9.67 Å². The maximum Gasteiger partial charge on any atom is 0.136 e. The Bertz CT molecular complexity index is 408. The van der Waals surface area contributed by atoms with Crippen LogP contribution in [0.15, 0.2) is 30.6 Å². The van der Waals surface area contributed by atoms with E-state index in [1.54, 1.807) is 24.1 Å². The number of halogens is 1. The number of hydrogen-bond acceptors (Lipinski definition) is 2. The highest BCUT2D eigenvalue weighted by molar-refractivity contribution is 6.32. The van der Waals surface area contributed by atoms with Gasteiger partial charge in [0.25, 0.3) is 0 Å². The van der Waals surface area contributed by atoms with Crippen LogP contribution in [-0.2, 0) is 7.05 Å². The van der Waals surface area contributed by atoms with Crippen LogP contribution in [0.1, 0.15) is 0 Å². The van der Waals surface area contributed by atoms with Gasteiger partial charge in [0.2, 0.25) is 0 Å². The Morgan fingerprint density at radius 3 is 2.77 bits per heavy atom. The van der Waals surface area contributed by atoms with Gasteiger partial charge >= 0.3 is 0 Å². The van der Waals surface area contributed by atoms with E-state index in [0.717, 1.165) is 11.3 Å². The van der Waals surface area contributed by atoms with Crippen molar-refractivity contribution in [3.8, 4) is 11.3 Å². The SMILES string of the molecule is Cn1ncc(-c2ccccn2)c1Cl. The van der Waals surface area contributed by atoms with Crippen molar-refractivity contribution in [2.75, 3.05) is 0 Å². The zero-order valence-electron chi connectivity index (χ0n) is 7.11. The van der Waals surface area contributed by atoms with E-state index in [1.807, 2.05) is 18.2 Å². The molecule has 0 atom stereocenters. The molecule has 0 aliphatic carbocycles. The molecule has 2 rings (SSSR count). The molecule has 2 heterocycles. The predicted octanol–water partition coefficient (Wildman–Crippen LogP) is 2.14. The maximum absolute atomic E-state index is 6.00. The predicted molar refractivity (Wildman–Crippen MR) is 51.4 cm³/mol. The average molecular weight is 194 g/mol. The van der Waals surface area contributed by atoms with Gasteiger partial charge in [-0.25, -0.2) is 0 Å². The lowest BCUT2D eigenvalue weighted by Crippen LogP contribution is -1.88. The van der Waals surface area contributed by atoms with E-state index >= 15 is 0 Å². The van der Waals surface area contributed by atoms with Crippen molar-refractivity contribution in [1.29, 1.82) is 0 Å². The monoisotopic (exact) mass is 193 g/mol. The average Bonchev–Trinajstić information content (AvgIpc) is 2.49. The second-order valence-electron chi connectivity index (χ2n) is 2.69. The Hall–Kier alpha value is -1.35. The molecule has 3 nitrogen and oxygen atoms in total. The summed E-state index contributed by atoms with van der Waals surface area (Å²) in [6.07, 6.45) is 3.45. The summed E-state index contributed by atoms with van der Waals surface area (Å²) in [5, 5.41) is 4.65. The summed E-state index contributed by atoms with van der Waals surface area (Å²) in [6.45, 7) is 0. The fourth-order valence-corrected chi connectivity index (χ4v) is 1.31. The van der Waals surface area contributed by atoms with Gasteiger partial charge in [-0.05, 0) is 12.1 Å². The van der Waals surface area contributed by atoms with Gasteiger partial charge in [0.1, 0.15) is 5.15 Å². The molecule has 2 aromatic rings. The summed E-state index contributed by atoms with van der Waals surface area (Å²) in [5.41, 5.74) is 1.71. The largest absolute Gasteiger partial charge is 0.256 e. The van der Waals surface area contributed by atoms with E-state index in [2.05, 4.69) is 10.1 Å². The van der Waals surface area contributed by atoms with Crippen LogP contribution in [-0.4, -0.2) is 14.8 Å². The van der Waals surface area contributed by atoms with E-state index in [0.29, 0.717) is 5.15 Å². The fourth-order valence-electron chi connectivity index (χ4n) is 1.12. The molecule has 0 saturated heterocycles. The van der Waals surface area contributed by atoms with Crippen molar-refractivity contribution < 1.29 is 0 Å². The van der Waals surface area contributed by atoms with Crippen LogP contribution >= 0.6 is 11.6 Å². The van der Waals surface area contributed by atoms with E-state index in [1.165, 1.54) is 0 Å². The zero-order chi connectivity index (χ0) is 9.26. The highest BCUT2D eigenvalue weighted by atomic mass is 35.5. The van der Waals surface area contributed by atoms with Crippen molar-refractivity contribution in [2.24, 2.45) is 7.05 Å². The third-order valence-corrected chi connectivity index (χ3v) is 2.26. The molecule has 13 heavy (non-hydrogen) atoms. The minimum Gasteiger partial charge on any atom is -0.256 e. The number of nitrogens with zero attached hydrogens (tertiary/aromatic N) is 3. The second-order valence-corrected chi connectivity index (χ2v) is 3.05. The fraction of sp³-hybridized carbons (Fsp3) is 0.111. The molecule has 0 radical (unpaired) electrons. The van der Waals surface area contributed by atoms with E-state index < -0.39 is 0 Å². The summed E-state index contributed by atoms with van der Waals surface area (Å²) in [5.74, 6) is 0. The first-order chi connectivity index (χ1) is 6.29. The van der Waals surface area contributed by atoms with Gasteiger partial charge in [0.05, 0.1) is 17.5 Å². The third-order valence-electron chi connectivity index (χ3n) is 1.81. The van der Waals surface area contributed by atoms with Crippen LogP contribution in [0, 0.1) is 0 Å².